The van der Waals surface area contributed by atoms with Gasteiger partial charge in [-0.3, -0.25) is 4.79 Å². The number of anilines is 1. The van der Waals surface area contributed by atoms with Crippen LogP contribution in [0.15, 0.2) is 54.6 Å². The molecule has 3 aromatic rings. The van der Waals surface area contributed by atoms with Crippen molar-refractivity contribution in [3.8, 4) is 28.7 Å². The summed E-state index contributed by atoms with van der Waals surface area (Å²) >= 11 is 0. The molecule has 3 aromatic carbocycles. The minimum absolute atomic E-state index is 0.0701. The van der Waals surface area contributed by atoms with Crippen LogP contribution >= 0.6 is 0 Å². The first-order valence-corrected chi connectivity index (χ1v) is 14.1. The zero-order valence-electron chi connectivity index (χ0n) is 24.0. The van der Waals surface area contributed by atoms with E-state index in [4.69, 9.17) is 23.7 Å². The Labute approximate surface area is 244 Å². The molecule has 0 radical (unpaired) electrons. The zero-order chi connectivity index (χ0) is 29.4. The molecule has 0 spiro atoms. The summed E-state index contributed by atoms with van der Waals surface area (Å²) in [5.74, 6) is 0.186. The average molecular weight is 577 g/mol. The fraction of sp³-hybridized carbons (Fsp3) is 0.406. The van der Waals surface area contributed by atoms with Crippen LogP contribution in [0.4, 0.5) is 5.69 Å². The molecule has 42 heavy (non-hydrogen) atoms. The predicted molar refractivity (Wildman–Crippen MR) is 155 cm³/mol. The van der Waals surface area contributed by atoms with E-state index in [2.05, 4.69) is 17.0 Å². The third kappa shape index (κ3) is 4.74. The second-order valence-corrected chi connectivity index (χ2v) is 10.7. The van der Waals surface area contributed by atoms with E-state index in [1.165, 1.54) is 7.11 Å². The van der Waals surface area contributed by atoms with Crippen LogP contribution in [-0.2, 0) is 4.79 Å². The molecule has 2 heterocycles. The first-order chi connectivity index (χ1) is 20.5. The van der Waals surface area contributed by atoms with Crippen LogP contribution in [0, 0.1) is 11.8 Å². The van der Waals surface area contributed by atoms with Crippen molar-refractivity contribution in [1.82, 2.24) is 4.90 Å². The Bertz CT molecular complexity index is 1410. The highest BCUT2D eigenvalue weighted by Crippen LogP contribution is 2.54. The SMILES string of the molecule is COc1cc([C@@H]2c3cc4c(cc3[C@H](O)[C@@H](CO)[C@@H]2C(=O)N2CCN(c3ccccc3)CC2)OCO4)cc(OC)c1OC. The van der Waals surface area contributed by atoms with Crippen molar-refractivity contribution in [2.24, 2.45) is 11.8 Å². The normalized spacial score (nSPS) is 22.9. The molecular formula is C32H36N2O8. The fourth-order valence-corrected chi connectivity index (χ4v) is 6.61. The average Bonchev–Trinajstić information content (AvgIpc) is 3.51. The number of rotatable bonds is 7. The number of methoxy groups -OCH3 is 3. The quantitative estimate of drug-likeness (QED) is 0.438. The van der Waals surface area contributed by atoms with Gasteiger partial charge in [0.05, 0.1) is 33.4 Å². The van der Waals surface area contributed by atoms with Crippen LogP contribution in [0.5, 0.6) is 28.7 Å². The highest BCUT2D eigenvalue weighted by molar-refractivity contribution is 5.82. The van der Waals surface area contributed by atoms with Crippen LogP contribution in [-0.4, -0.2) is 81.9 Å². The van der Waals surface area contributed by atoms with Crippen molar-refractivity contribution in [2.45, 2.75) is 12.0 Å². The number of aliphatic hydroxyl groups excluding tert-OH is 2. The van der Waals surface area contributed by atoms with Crippen LogP contribution in [0.25, 0.3) is 0 Å². The highest BCUT2D eigenvalue weighted by atomic mass is 16.7. The maximum absolute atomic E-state index is 14.5. The van der Waals surface area contributed by atoms with E-state index in [0.717, 1.165) is 16.8 Å². The third-order valence-electron chi connectivity index (χ3n) is 8.71. The molecule has 1 amide bonds. The number of carbonyl (C=O) groups is 1. The topological polar surface area (TPSA) is 110 Å². The summed E-state index contributed by atoms with van der Waals surface area (Å²) in [7, 11) is 4.63. The van der Waals surface area contributed by atoms with Crippen molar-refractivity contribution in [3.05, 3.63) is 71.3 Å². The summed E-state index contributed by atoms with van der Waals surface area (Å²) in [5.41, 5.74) is 3.17. The smallest absolute Gasteiger partial charge is 0.231 e. The van der Waals surface area contributed by atoms with Crippen molar-refractivity contribution in [3.63, 3.8) is 0 Å². The second-order valence-electron chi connectivity index (χ2n) is 10.7. The van der Waals surface area contributed by atoms with Crippen LogP contribution in [0.2, 0.25) is 0 Å². The van der Waals surface area contributed by atoms with Gasteiger partial charge in [-0.2, -0.15) is 0 Å². The van der Waals surface area contributed by atoms with E-state index >= 15 is 0 Å². The summed E-state index contributed by atoms with van der Waals surface area (Å²) in [4.78, 5) is 18.6. The molecule has 1 fully saturated rings. The standard InChI is InChI=1S/C32H36N2O8/c1-38-26-13-19(14-27(39-2)31(26)40-3)28-21-15-24-25(42-18-41-24)16-22(21)30(36)23(17-35)29(28)32(37)34-11-9-33(10-12-34)20-7-5-4-6-8-20/h4-8,13-16,23,28-30,35-36H,9-12,17-18H2,1-3H3/t23-,28+,29-,30-/m0/s1. The lowest BCUT2D eigenvalue weighted by Crippen LogP contribution is -2.53. The van der Waals surface area contributed by atoms with E-state index in [1.807, 2.05) is 41.3 Å². The van der Waals surface area contributed by atoms with Crippen molar-refractivity contribution < 1.29 is 38.7 Å². The number of aliphatic hydroxyl groups is 2. The van der Waals surface area contributed by atoms with Gasteiger partial charge in [0, 0.05) is 50.3 Å². The molecule has 0 saturated carbocycles. The molecule has 1 aliphatic carbocycles. The lowest BCUT2D eigenvalue weighted by molar-refractivity contribution is -0.142. The van der Waals surface area contributed by atoms with E-state index in [1.54, 1.807) is 20.3 Å². The number of piperazine rings is 1. The summed E-state index contributed by atoms with van der Waals surface area (Å²) in [6.07, 6.45) is -1.09. The summed E-state index contributed by atoms with van der Waals surface area (Å²) in [5, 5.41) is 22.3. The van der Waals surface area contributed by atoms with Crippen molar-refractivity contribution in [2.75, 3.05) is 65.8 Å². The maximum Gasteiger partial charge on any atom is 0.231 e. The molecule has 10 nitrogen and oxygen atoms in total. The molecule has 0 unspecified atom stereocenters. The number of hydrogen-bond donors (Lipinski definition) is 2. The van der Waals surface area contributed by atoms with Gasteiger partial charge in [0.15, 0.2) is 23.0 Å². The first-order valence-electron chi connectivity index (χ1n) is 14.1. The number of ether oxygens (including phenoxy) is 5. The minimum Gasteiger partial charge on any atom is -0.493 e. The lowest BCUT2D eigenvalue weighted by Gasteiger charge is -2.45. The molecule has 0 bridgehead atoms. The molecule has 0 aromatic heterocycles. The van der Waals surface area contributed by atoms with Gasteiger partial charge in [-0.25, -0.2) is 0 Å². The molecule has 3 aliphatic rings. The molecule has 4 atom stereocenters. The number of fused-ring (bicyclic) bond motifs is 2. The van der Waals surface area contributed by atoms with Gasteiger partial charge < -0.3 is 43.7 Å². The Morgan fingerprint density at radius 3 is 2.07 bits per heavy atom. The fourth-order valence-electron chi connectivity index (χ4n) is 6.61. The Morgan fingerprint density at radius 1 is 0.881 bits per heavy atom. The van der Waals surface area contributed by atoms with Crippen molar-refractivity contribution >= 4 is 11.6 Å². The molecular weight excluding hydrogens is 540 g/mol. The molecule has 6 rings (SSSR count). The lowest BCUT2D eigenvalue weighted by atomic mass is 9.64. The number of benzene rings is 3. The van der Waals surface area contributed by atoms with Crippen LogP contribution < -0.4 is 28.6 Å². The largest absolute Gasteiger partial charge is 0.493 e. The van der Waals surface area contributed by atoms with E-state index in [-0.39, 0.29) is 19.3 Å². The van der Waals surface area contributed by atoms with Gasteiger partial charge in [0.1, 0.15) is 0 Å². The summed E-state index contributed by atoms with van der Waals surface area (Å²) < 4.78 is 28.2. The van der Waals surface area contributed by atoms with Crippen molar-refractivity contribution in [1.29, 1.82) is 0 Å². The number of amides is 1. The molecule has 2 aliphatic heterocycles. The summed E-state index contributed by atoms with van der Waals surface area (Å²) in [6, 6.07) is 17.4. The Balaban J connectivity index is 1.44. The van der Waals surface area contributed by atoms with Gasteiger partial charge in [0.25, 0.3) is 0 Å². The van der Waals surface area contributed by atoms with Crippen LogP contribution in [0.1, 0.15) is 28.7 Å². The second kappa shape index (κ2) is 11.6. The Kier molecular flexibility index (Phi) is 7.74. The summed E-state index contributed by atoms with van der Waals surface area (Å²) in [6.45, 7) is 2.10. The van der Waals surface area contributed by atoms with E-state index < -0.39 is 23.9 Å². The van der Waals surface area contributed by atoms with Gasteiger partial charge >= 0.3 is 0 Å². The predicted octanol–water partition coefficient (Wildman–Crippen LogP) is 3.19. The van der Waals surface area contributed by atoms with E-state index in [9.17, 15) is 15.0 Å². The van der Waals surface area contributed by atoms with Gasteiger partial charge in [-0.1, -0.05) is 18.2 Å². The molecule has 1 saturated heterocycles. The number of carbonyl (C=O) groups excluding carboxylic acids is 1. The Hall–Kier alpha value is -4.15. The number of hydrogen-bond acceptors (Lipinski definition) is 9. The van der Waals surface area contributed by atoms with E-state index in [0.29, 0.717) is 60.5 Å². The molecule has 2 N–H and O–H groups in total. The third-order valence-corrected chi connectivity index (χ3v) is 8.71. The van der Waals surface area contributed by atoms with Gasteiger partial charge in [0.2, 0.25) is 18.4 Å². The van der Waals surface area contributed by atoms with Crippen LogP contribution in [0.3, 0.4) is 0 Å². The molecule has 10 heteroatoms. The molecule has 222 valence electrons. The maximum atomic E-state index is 14.5. The number of para-hydroxylation sites is 1. The Morgan fingerprint density at radius 2 is 1.50 bits per heavy atom. The monoisotopic (exact) mass is 576 g/mol. The highest BCUT2D eigenvalue weighted by Gasteiger charge is 2.49. The van der Waals surface area contributed by atoms with Gasteiger partial charge in [-0.05, 0) is 53.1 Å². The van der Waals surface area contributed by atoms with Gasteiger partial charge in [-0.15, -0.1) is 0 Å². The first kappa shape index (κ1) is 28.0. The minimum atomic E-state index is -1.09. The zero-order valence-corrected chi connectivity index (χ0v) is 24.0. The number of nitrogens with zero attached hydrogens (tertiary/aromatic N) is 2.